The molecule has 1 spiro atoms. The Bertz CT molecular complexity index is 993. The van der Waals surface area contributed by atoms with Gasteiger partial charge in [-0.1, -0.05) is 13.8 Å². The maximum absolute atomic E-state index is 5.70. The monoisotopic (exact) mass is 362 g/mol. The fraction of sp³-hybridized carbons (Fsp3) is 0.400. The summed E-state index contributed by atoms with van der Waals surface area (Å²) in [7, 11) is 0. The Labute approximate surface area is 157 Å². The van der Waals surface area contributed by atoms with Gasteiger partial charge in [-0.15, -0.1) is 5.10 Å². The summed E-state index contributed by atoms with van der Waals surface area (Å²) in [5, 5.41) is 11.5. The van der Waals surface area contributed by atoms with Crippen LogP contribution in [0.15, 0.2) is 36.7 Å². The molecule has 3 aromatic heterocycles. The van der Waals surface area contributed by atoms with Gasteiger partial charge in [0.25, 0.3) is 0 Å². The molecule has 5 rings (SSSR count). The topological polar surface area (TPSA) is 76.1 Å². The molecule has 27 heavy (non-hydrogen) atoms. The Hall–Kier alpha value is -2.80. The Morgan fingerprint density at radius 1 is 1.11 bits per heavy atom. The van der Waals surface area contributed by atoms with Gasteiger partial charge >= 0.3 is 0 Å². The van der Waals surface area contributed by atoms with Crippen molar-refractivity contribution in [1.82, 2.24) is 20.2 Å². The van der Waals surface area contributed by atoms with Crippen molar-refractivity contribution in [1.29, 1.82) is 0 Å². The van der Waals surface area contributed by atoms with E-state index in [1.807, 2.05) is 24.4 Å². The van der Waals surface area contributed by atoms with Crippen molar-refractivity contribution in [2.75, 3.05) is 29.9 Å². The molecule has 0 bridgehead atoms. The van der Waals surface area contributed by atoms with Crippen molar-refractivity contribution in [3.05, 3.63) is 42.2 Å². The standard InChI is InChI=1S/C20H22N6O/c1-13(2)14-7-19(25-22-9-14)24-18-4-3-16-17(23-18)8-15(10-21-16)26-11-20(12-26)5-6-27-20/h3-4,7-10,13H,5-6,11-12H2,1-2H3,(H,23,24,25). The summed E-state index contributed by atoms with van der Waals surface area (Å²) in [6, 6.07) is 7.99. The third-order valence-corrected chi connectivity index (χ3v) is 5.41. The Balaban J connectivity index is 1.38. The summed E-state index contributed by atoms with van der Waals surface area (Å²) in [6.45, 7) is 7.04. The van der Waals surface area contributed by atoms with Gasteiger partial charge in [0.15, 0.2) is 5.82 Å². The number of pyridine rings is 2. The van der Waals surface area contributed by atoms with E-state index >= 15 is 0 Å². The first-order chi connectivity index (χ1) is 13.1. The molecule has 0 saturated carbocycles. The largest absolute Gasteiger partial charge is 0.371 e. The molecule has 0 aliphatic carbocycles. The molecule has 3 aromatic rings. The van der Waals surface area contributed by atoms with Gasteiger partial charge < -0.3 is 15.0 Å². The molecule has 0 radical (unpaired) electrons. The van der Waals surface area contributed by atoms with E-state index in [1.54, 1.807) is 6.20 Å². The van der Waals surface area contributed by atoms with Gasteiger partial charge in [0, 0.05) is 19.5 Å². The van der Waals surface area contributed by atoms with Crippen LogP contribution in [-0.4, -0.2) is 45.5 Å². The maximum atomic E-state index is 5.70. The van der Waals surface area contributed by atoms with Crippen LogP contribution in [0.5, 0.6) is 0 Å². The summed E-state index contributed by atoms with van der Waals surface area (Å²) in [4.78, 5) is 11.6. The van der Waals surface area contributed by atoms with E-state index in [4.69, 9.17) is 9.72 Å². The van der Waals surface area contributed by atoms with Gasteiger partial charge in [-0.2, -0.15) is 5.10 Å². The molecule has 2 aliphatic rings. The minimum absolute atomic E-state index is 0.103. The first-order valence-electron chi connectivity index (χ1n) is 9.36. The number of nitrogens with one attached hydrogen (secondary N) is 1. The molecular weight excluding hydrogens is 340 g/mol. The molecule has 1 N–H and O–H groups in total. The van der Waals surface area contributed by atoms with Crippen molar-refractivity contribution in [2.24, 2.45) is 0 Å². The van der Waals surface area contributed by atoms with Crippen LogP contribution in [-0.2, 0) is 4.74 Å². The van der Waals surface area contributed by atoms with Gasteiger partial charge in [0.05, 0.1) is 35.7 Å². The van der Waals surface area contributed by atoms with Crippen molar-refractivity contribution >= 4 is 28.4 Å². The molecule has 2 aliphatic heterocycles. The minimum atomic E-state index is 0.103. The number of hydrogen-bond donors (Lipinski definition) is 1. The zero-order chi connectivity index (χ0) is 18.4. The average Bonchev–Trinajstić information content (AvgIpc) is 2.59. The second-order valence-electron chi connectivity index (χ2n) is 7.72. The van der Waals surface area contributed by atoms with E-state index in [2.05, 4.69) is 45.3 Å². The number of hydrogen-bond acceptors (Lipinski definition) is 7. The SMILES string of the molecule is CC(C)c1cnnc(Nc2ccc3ncc(N4CC5(CCO5)C4)cc3n2)c1. The Morgan fingerprint density at radius 2 is 1.96 bits per heavy atom. The molecule has 0 aromatic carbocycles. The molecule has 0 unspecified atom stereocenters. The molecule has 2 saturated heterocycles. The number of aromatic nitrogens is 4. The first kappa shape index (κ1) is 16.4. The van der Waals surface area contributed by atoms with Gasteiger partial charge in [-0.25, -0.2) is 4.98 Å². The summed E-state index contributed by atoms with van der Waals surface area (Å²) in [5.41, 5.74) is 4.07. The van der Waals surface area contributed by atoms with Crippen molar-refractivity contribution in [2.45, 2.75) is 31.8 Å². The van der Waals surface area contributed by atoms with Gasteiger partial charge in [0.1, 0.15) is 11.4 Å². The van der Waals surface area contributed by atoms with Crippen LogP contribution in [0.1, 0.15) is 31.7 Å². The number of rotatable bonds is 4. The third kappa shape index (κ3) is 2.98. The highest BCUT2D eigenvalue weighted by Gasteiger charge is 2.49. The molecule has 7 heteroatoms. The fourth-order valence-corrected chi connectivity index (χ4v) is 3.60. The molecule has 138 valence electrons. The van der Waals surface area contributed by atoms with Crippen molar-refractivity contribution in [3.8, 4) is 0 Å². The lowest BCUT2D eigenvalue weighted by molar-refractivity contribution is -0.160. The number of fused-ring (bicyclic) bond motifs is 1. The predicted octanol–water partition coefficient (Wildman–Crippen LogP) is 3.27. The lowest BCUT2D eigenvalue weighted by Gasteiger charge is -2.55. The maximum Gasteiger partial charge on any atom is 0.154 e. The van der Waals surface area contributed by atoms with Crippen LogP contribution in [0.3, 0.4) is 0 Å². The van der Waals surface area contributed by atoms with Gasteiger partial charge in [0.2, 0.25) is 0 Å². The highest BCUT2D eigenvalue weighted by Crippen LogP contribution is 2.38. The van der Waals surface area contributed by atoms with E-state index in [1.165, 1.54) is 0 Å². The highest BCUT2D eigenvalue weighted by molar-refractivity contribution is 5.80. The predicted molar refractivity (Wildman–Crippen MR) is 104 cm³/mol. The molecule has 5 heterocycles. The van der Waals surface area contributed by atoms with Crippen LogP contribution in [0.25, 0.3) is 11.0 Å². The Kier molecular flexibility index (Phi) is 3.72. The fourth-order valence-electron chi connectivity index (χ4n) is 3.60. The normalized spacial score (nSPS) is 17.8. The highest BCUT2D eigenvalue weighted by atomic mass is 16.5. The second-order valence-corrected chi connectivity index (χ2v) is 7.72. The summed E-state index contributed by atoms with van der Waals surface area (Å²) in [6.07, 6.45) is 4.87. The van der Waals surface area contributed by atoms with Gasteiger partial charge in [-0.3, -0.25) is 4.98 Å². The zero-order valence-electron chi connectivity index (χ0n) is 15.5. The van der Waals surface area contributed by atoms with Crippen LogP contribution in [0, 0.1) is 0 Å². The second kappa shape index (κ2) is 6.13. The molecule has 2 fully saturated rings. The summed E-state index contributed by atoms with van der Waals surface area (Å²) in [5.74, 6) is 1.83. The van der Waals surface area contributed by atoms with E-state index in [0.717, 1.165) is 54.2 Å². The van der Waals surface area contributed by atoms with Crippen LogP contribution in [0.2, 0.25) is 0 Å². The summed E-state index contributed by atoms with van der Waals surface area (Å²) >= 11 is 0. The summed E-state index contributed by atoms with van der Waals surface area (Å²) < 4.78 is 5.70. The van der Waals surface area contributed by atoms with E-state index in [0.29, 0.717) is 11.7 Å². The lowest BCUT2D eigenvalue weighted by Crippen LogP contribution is -2.68. The van der Waals surface area contributed by atoms with Crippen LogP contribution in [0.4, 0.5) is 17.3 Å². The smallest absolute Gasteiger partial charge is 0.154 e. The quantitative estimate of drug-likeness (QED) is 0.763. The van der Waals surface area contributed by atoms with Crippen molar-refractivity contribution in [3.63, 3.8) is 0 Å². The zero-order valence-corrected chi connectivity index (χ0v) is 15.5. The number of anilines is 3. The molecule has 0 atom stereocenters. The van der Waals surface area contributed by atoms with Crippen LogP contribution >= 0.6 is 0 Å². The minimum Gasteiger partial charge on any atom is -0.371 e. The van der Waals surface area contributed by atoms with E-state index in [9.17, 15) is 0 Å². The Morgan fingerprint density at radius 3 is 2.70 bits per heavy atom. The van der Waals surface area contributed by atoms with Gasteiger partial charge in [-0.05, 0) is 35.7 Å². The van der Waals surface area contributed by atoms with Crippen molar-refractivity contribution < 1.29 is 4.74 Å². The molecule has 7 nitrogen and oxygen atoms in total. The third-order valence-electron chi connectivity index (χ3n) is 5.41. The van der Waals surface area contributed by atoms with Crippen LogP contribution < -0.4 is 10.2 Å². The first-order valence-corrected chi connectivity index (χ1v) is 9.36. The van der Waals surface area contributed by atoms with E-state index < -0.39 is 0 Å². The molecule has 0 amide bonds. The molecular formula is C20H22N6O. The van der Waals surface area contributed by atoms with E-state index in [-0.39, 0.29) is 5.60 Å². The lowest BCUT2D eigenvalue weighted by atomic mass is 9.86. The average molecular weight is 362 g/mol. The number of ether oxygens (including phenoxy) is 1. The number of nitrogens with zero attached hydrogens (tertiary/aromatic N) is 5.